The van der Waals surface area contributed by atoms with Crippen molar-refractivity contribution < 1.29 is 14.7 Å². The maximum atomic E-state index is 9.90. The van der Waals surface area contributed by atoms with Crippen LogP contribution < -0.4 is 11.1 Å². The molecule has 5 nitrogen and oxygen atoms in total. The number of urea groups is 1. The number of carbonyl (C=O) groups is 2. The summed E-state index contributed by atoms with van der Waals surface area (Å²) in [5.41, 5.74) is 4.13. The second kappa shape index (κ2) is 2.71. The molecule has 4 N–H and O–H groups in total. The Hall–Kier alpha value is -1.52. The average Bonchev–Trinajstić information content (AvgIpc) is 1.63. The van der Waals surface area contributed by atoms with Crippen molar-refractivity contribution in [2.75, 3.05) is 0 Å². The number of aliphatic carboxylic acids is 1. The molecule has 0 spiro atoms. The molecule has 0 bridgehead atoms. The van der Waals surface area contributed by atoms with Gasteiger partial charge in [0, 0.05) is 0 Å². The van der Waals surface area contributed by atoms with E-state index in [0.717, 1.165) is 0 Å². The number of hydrogen-bond donors (Lipinski definition) is 3. The SMILES string of the molecule is C=C(NC(N)=O)C(=O)O. The zero-order valence-corrected chi connectivity index (χ0v) is 4.55. The molecule has 0 unspecified atom stereocenters. The number of nitrogens with one attached hydrogen (secondary N) is 1. The van der Waals surface area contributed by atoms with Gasteiger partial charge in [0.2, 0.25) is 0 Å². The van der Waals surface area contributed by atoms with Crippen LogP contribution in [0, 0.1) is 0 Å². The summed E-state index contributed by atoms with van der Waals surface area (Å²) in [4.78, 5) is 19.8. The molecular weight excluding hydrogens is 124 g/mol. The first-order valence-electron chi connectivity index (χ1n) is 2.02. The summed E-state index contributed by atoms with van der Waals surface area (Å²) < 4.78 is 0. The Morgan fingerprint density at radius 2 is 2.00 bits per heavy atom. The van der Waals surface area contributed by atoms with E-state index >= 15 is 0 Å². The van der Waals surface area contributed by atoms with Gasteiger partial charge in [0.05, 0.1) is 0 Å². The fraction of sp³-hybridized carbons (Fsp3) is 0. The lowest BCUT2D eigenvalue weighted by molar-refractivity contribution is -0.132. The third-order valence-corrected chi connectivity index (χ3v) is 0.532. The number of amides is 2. The molecule has 0 aliphatic heterocycles. The molecule has 0 fully saturated rings. The summed E-state index contributed by atoms with van der Waals surface area (Å²) in [6, 6.07) is -0.928. The molecule has 0 aliphatic rings. The lowest BCUT2D eigenvalue weighted by atomic mass is 10.5. The van der Waals surface area contributed by atoms with Gasteiger partial charge >= 0.3 is 12.0 Å². The zero-order chi connectivity index (χ0) is 7.44. The fourth-order valence-corrected chi connectivity index (χ4v) is 0.202. The number of carboxylic acid groups (broad SMARTS) is 1. The molecule has 50 valence electrons. The fourth-order valence-electron chi connectivity index (χ4n) is 0.202. The second-order valence-corrected chi connectivity index (χ2v) is 1.27. The summed E-state index contributed by atoms with van der Waals surface area (Å²) in [5.74, 6) is -1.30. The lowest BCUT2D eigenvalue weighted by Gasteiger charge is -1.96. The summed E-state index contributed by atoms with van der Waals surface area (Å²) in [6.45, 7) is 2.98. The number of hydrogen-bond acceptors (Lipinski definition) is 2. The summed E-state index contributed by atoms with van der Waals surface area (Å²) in [5, 5.41) is 9.85. The van der Waals surface area contributed by atoms with Gasteiger partial charge in [-0.2, -0.15) is 0 Å². The summed E-state index contributed by atoms with van der Waals surface area (Å²) in [7, 11) is 0. The molecule has 0 aliphatic carbocycles. The van der Waals surface area contributed by atoms with Gasteiger partial charge in [-0.25, -0.2) is 9.59 Å². The first kappa shape index (κ1) is 7.48. The number of nitrogens with two attached hydrogens (primary N) is 1. The van der Waals surface area contributed by atoms with Crippen molar-refractivity contribution >= 4 is 12.0 Å². The van der Waals surface area contributed by atoms with Gasteiger partial charge in [0.15, 0.2) is 0 Å². The number of carbonyl (C=O) groups excluding carboxylic acids is 1. The van der Waals surface area contributed by atoms with E-state index in [4.69, 9.17) is 5.11 Å². The van der Waals surface area contributed by atoms with Gasteiger partial charge in [-0.3, -0.25) is 0 Å². The van der Waals surface area contributed by atoms with E-state index in [0.29, 0.717) is 0 Å². The normalized spacial score (nSPS) is 8.00. The van der Waals surface area contributed by atoms with E-state index in [1.165, 1.54) is 0 Å². The Kier molecular flexibility index (Phi) is 2.25. The molecule has 0 radical (unpaired) electrons. The van der Waals surface area contributed by atoms with Crippen LogP contribution >= 0.6 is 0 Å². The molecule has 2 amide bonds. The lowest BCUT2D eigenvalue weighted by Crippen LogP contribution is -2.31. The minimum Gasteiger partial charge on any atom is -0.477 e. The van der Waals surface area contributed by atoms with Crippen LogP contribution in [-0.2, 0) is 4.79 Å². The van der Waals surface area contributed by atoms with E-state index < -0.39 is 17.7 Å². The van der Waals surface area contributed by atoms with Crippen molar-refractivity contribution in [3.8, 4) is 0 Å². The van der Waals surface area contributed by atoms with Crippen molar-refractivity contribution in [3.05, 3.63) is 12.3 Å². The van der Waals surface area contributed by atoms with Crippen LogP contribution in [0.4, 0.5) is 4.79 Å². The second-order valence-electron chi connectivity index (χ2n) is 1.27. The first-order valence-corrected chi connectivity index (χ1v) is 2.02. The third-order valence-electron chi connectivity index (χ3n) is 0.532. The predicted molar refractivity (Wildman–Crippen MR) is 29.5 cm³/mol. The molecule has 0 rings (SSSR count). The summed E-state index contributed by atoms with van der Waals surface area (Å²) >= 11 is 0. The topological polar surface area (TPSA) is 92.4 Å². The van der Waals surface area contributed by atoms with Crippen molar-refractivity contribution in [1.82, 2.24) is 5.32 Å². The van der Waals surface area contributed by atoms with Crippen LogP contribution in [-0.4, -0.2) is 17.1 Å². The highest BCUT2D eigenvalue weighted by Gasteiger charge is 2.03. The third kappa shape index (κ3) is 3.10. The van der Waals surface area contributed by atoms with Crippen molar-refractivity contribution in [2.45, 2.75) is 0 Å². The zero-order valence-electron chi connectivity index (χ0n) is 4.55. The van der Waals surface area contributed by atoms with Crippen molar-refractivity contribution in [1.29, 1.82) is 0 Å². The van der Waals surface area contributed by atoms with E-state index in [9.17, 15) is 9.59 Å². The number of rotatable bonds is 2. The van der Waals surface area contributed by atoms with Crippen LogP contribution in [0.2, 0.25) is 0 Å². The minimum atomic E-state index is -1.30. The predicted octanol–water partition coefficient (Wildman–Crippen LogP) is -0.747. The largest absolute Gasteiger partial charge is 0.477 e. The van der Waals surface area contributed by atoms with Crippen LogP contribution in [0.1, 0.15) is 0 Å². The van der Waals surface area contributed by atoms with Crippen LogP contribution in [0.5, 0.6) is 0 Å². The Morgan fingerprint density at radius 1 is 1.56 bits per heavy atom. The highest BCUT2D eigenvalue weighted by atomic mass is 16.4. The minimum absolute atomic E-state index is 0.428. The average molecular weight is 130 g/mol. The van der Waals surface area contributed by atoms with Gasteiger partial charge in [-0.15, -0.1) is 0 Å². The first-order chi connectivity index (χ1) is 4.04. The maximum absolute atomic E-state index is 9.90. The monoisotopic (exact) mass is 130 g/mol. The number of carboxylic acids is 1. The number of primary amides is 1. The van der Waals surface area contributed by atoms with Crippen molar-refractivity contribution in [3.63, 3.8) is 0 Å². The van der Waals surface area contributed by atoms with E-state index in [-0.39, 0.29) is 0 Å². The van der Waals surface area contributed by atoms with Gasteiger partial charge in [-0.05, 0) is 0 Å². The Labute approximate surface area is 51.2 Å². The van der Waals surface area contributed by atoms with Crippen molar-refractivity contribution in [2.24, 2.45) is 5.73 Å². The van der Waals surface area contributed by atoms with Gasteiger partial charge in [0.25, 0.3) is 0 Å². The molecule has 0 atom stereocenters. The molecule has 0 saturated carbocycles. The molecule has 0 aromatic carbocycles. The molecule has 0 aromatic rings. The maximum Gasteiger partial charge on any atom is 0.351 e. The van der Waals surface area contributed by atoms with Crippen LogP contribution in [0.25, 0.3) is 0 Å². The van der Waals surface area contributed by atoms with Gasteiger partial charge in [0.1, 0.15) is 5.70 Å². The molecule has 9 heavy (non-hydrogen) atoms. The molecule has 0 heterocycles. The van der Waals surface area contributed by atoms with E-state index in [2.05, 4.69) is 12.3 Å². The van der Waals surface area contributed by atoms with E-state index in [1.54, 1.807) is 5.32 Å². The smallest absolute Gasteiger partial charge is 0.351 e. The molecule has 0 saturated heterocycles. The molecule has 0 aromatic heterocycles. The molecule has 5 heteroatoms. The quantitative estimate of drug-likeness (QED) is 0.429. The Bertz CT molecular complexity index is 163. The highest BCUT2D eigenvalue weighted by Crippen LogP contribution is 1.79. The highest BCUT2D eigenvalue weighted by molar-refractivity contribution is 5.90. The van der Waals surface area contributed by atoms with Crippen LogP contribution in [0.15, 0.2) is 12.3 Å². The standard InChI is InChI=1S/C4H6N2O3/c1-2(3(7)8)6-4(5)9/h1H2,(H,7,8)(H3,5,6,9). The van der Waals surface area contributed by atoms with E-state index in [1.807, 2.05) is 0 Å². The van der Waals surface area contributed by atoms with Gasteiger partial charge in [-0.1, -0.05) is 6.58 Å². The Morgan fingerprint density at radius 3 is 2.11 bits per heavy atom. The summed E-state index contributed by atoms with van der Waals surface area (Å²) in [6.07, 6.45) is 0. The van der Waals surface area contributed by atoms with Gasteiger partial charge < -0.3 is 16.2 Å². The van der Waals surface area contributed by atoms with Crippen LogP contribution in [0.3, 0.4) is 0 Å². The Balaban J connectivity index is 3.79. The molecular formula is C4H6N2O3.